The molecule has 0 radical (unpaired) electrons. The molecule has 0 fully saturated rings. The van der Waals surface area contributed by atoms with Crippen molar-refractivity contribution in [2.75, 3.05) is 39.3 Å². The summed E-state index contributed by atoms with van der Waals surface area (Å²) < 4.78 is 19.2. The third-order valence-electron chi connectivity index (χ3n) is 5.00. The smallest absolute Gasteiger partial charge is 0.471 e. The molecular weight excluding hydrogens is 343 g/mol. The van der Waals surface area contributed by atoms with Crippen LogP contribution in [0.25, 0.3) is 0 Å². The van der Waals surface area contributed by atoms with E-state index in [2.05, 4.69) is 38.0 Å². The van der Waals surface area contributed by atoms with E-state index in [1.54, 1.807) is 0 Å². The Labute approximate surface area is 158 Å². The third-order valence-corrected chi connectivity index (χ3v) is 6.28. The number of benzene rings is 2. The summed E-state index contributed by atoms with van der Waals surface area (Å²) in [7, 11) is -1.53. The summed E-state index contributed by atoms with van der Waals surface area (Å²) in [6.07, 6.45) is 0. The minimum absolute atomic E-state index is 0.690. The van der Waals surface area contributed by atoms with E-state index in [0.717, 1.165) is 48.3 Å². The lowest BCUT2D eigenvalue weighted by Gasteiger charge is -2.36. The number of ether oxygens (including phenoxy) is 1. The Bertz CT molecular complexity index is 687. The summed E-state index contributed by atoms with van der Waals surface area (Å²) in [5, 5.41) is 4.05. The van der Waals surface area contributed by atoms with Gasteiger partial charge in [0.15, 0.2) is 0 Å². The van der Waals surface area contributed by atoms with Crippen LogP contribution in [-0.2, 0) is 4.57 Å². The lowest BCUT2D eigenvalue weighted by atomic mass is 10.2. The topological polar surface area (TPSA) is 38.3 Å². The zero-order chi connectivity index (χ0) is 18.8. The normalized spacial score (nSPS) is 12.0. The molecular formula is C21H31N2O2P+2. The van der Waals surface area contributed by atoms with E-state index in [1.165, 1.54) is 5.56 Å². The quantitative estimate of drug-likeness (QED) is 0.479. The Hall–Kier alpha value is -1.74. The Morgan fingerprint density at radius 1 is 1.00 bits per heavy atom. The van der Waals surface area contributed by atoms with Gasteiger partial charge in [0.2, 0.25) is 5.30 Å². The number of hydrogen-bond donors (Lipinski definition) is 1. The largest absolute Gasteiger partial charge is 0.488 e. The summed E-state index contributed by atoms with van der Waals surface area (Å²) in [4.78, 5) is 0. The molecule has 0 heterocycles. The monoisotopic (exact) mass is 374 g/mol. The van der Waals surface area contributed by atoms with Crippen LogP contribution >= 0.6 is 7.95 Å². The van der Waals surface area contributed by atoms with Gasteiger partial charge in [0.05, 0.1) is 26.2 Å². The van der Waals surface area contributed by atoms with Gasteiger partial charge in [-0.25, -0.2) is 0 Å². The average Bonchev–Trinajstić information content (AvgIpc) is 2.67. The second-order valence-electron chi connectivity index (χ2n) is 6.62. The van der Waals surface area contributed by atoms with Crippen LogP contribution in [0.1, 0.15) is 19.4 Å². The summed E-state index contributed by atoms with van der Waals surface area (Å²) in [5.41, 5.74) is 1.21. The second kappa shape index (κ2) is 10.4. The molecule has 140 valence electrons. The minimum Gasteiger partial charge on any atom is -0.488 e. The highest BCUT2D eigenvalue weighted by Gasteiger charge is 2.26. The van der Waals surface area contributed by atoms with Crippen LogP contribution in [0.15, 0.2) is 54.6 Å². The maximum absolute atomic E-state index is 12.3. The summed E-state index contributed by atoms with van der Waals surface area (Å²) in [6.45, 7) is 11.9. The average molecular weight is 374 g/mol. The van der Waals surface area contributed by atoms with E-state index in [1.807, 2.05) is 42.5 Å². The zero-order valence-electron chi connectivity index (χ0n) is 16.1. The van der Waals surface area contributed by atoms with Gasteiger partial charge in [-0.05, 0) is 55.2 Å². The van der Waals surface area contributed by atoms with Crippen molar-refractivity contribution in [2.24, 2.45) is 0 Å². The Kier molecular flexibility index (Phi) is 8.24. The lowest BCUT2D eigenvalue weighted by Crippen LogP contribution is -2.52. The fourth-order valence-electron chi connectivity index (χ4n) is 3.07. The molecule has 0 bridgehead atoms. The molecule has 1 N–H and O–H groups in total. The van der Waals surface area contributed by atoms with E-state index < -0.39 is 7.95 Å². The van der Waals surface area contributed by atoms with Gasteiger partial charge in [0.1, 0.15) is 18.9 Å². The van der Waals surface area contributed by atoms with Crippen molar-refractivity contribution >= 4 is 13.3 Å². The number of hydrogen-bond acceptors (Lipinski definition) is 2. The summed E-state index contributed by atoms with van der Waals surface area (Å²) >= 11 is 0. The first-order valence-electron chi connectivity index (χ1n) is 9.39. The van der Waals surface area contributed by atoms with Gasteiger partial charge >= 0.3 is 7.95 Å². The fraction of sp³-hybridized carbons (Fsp3) is 0.429. The fourth-order valence-corrected chi connectivity index (χ4v) is 4.00. The maximum atomic E-state index is 12.3. The zero-order valence-corrected chi connectivity index (χ0v) is 17.0. The highest BCUT2D eigenvalue weighted by Crippen LogP contribution is 2.15. The minimum atomic E-state index is -1.53. The molecule has 0 spiro atoms. The SMILES string of the molecule is CC[N+](CC)(CCN[P+](=O)c1ccccc1)CCOc1cccc(C)c1. The van der Waals surface area contributed by atoms with Crippen LogP contribution in [0.2, 0.25) is 0 Å². The van der Waals surface area contributed by atoms with Crippen molar-refractivity contribution in [3.63, 3.8) is 0 Å². The van der Waals surface area contributed by atoms with Crippen LogP contribution in [0.5, 0.6) is 5.75 Å². The van der Waals surface area contributed by atoms with Gasteiger partial charge in [-0.1, -0.05) is 35.4 Å². The van der Waals surface area contributed by atoms with Crippen LogP contribution in [0, 0.1) is 6.92 Å². The number of quaternary nitrogens is 1. The van der Waals surface area contributed by atoms with Crippen LogP contribution in [-0.4, -0.2) is 43.8 Å². The molecule has 2 aromatic carbocycles. The van der Waals surface area contributed by atoms with Gasteiger partial charge in [0, 0.05) is 0 Å². The van der Waals surface area contributed by atoms with E-state index in [0.29, 0.717) is 6.61 Å². The Morgan fingerprint density at radius 3 is 2.38 bits per heavy atom. The predicted octanol–water partition coefficient (Wildman–Crippen LogP) is 3.89. The van der Waals surface area contributed by atoms with Crippen molar-refractivity contribution in [3.05, 3.63) is 60.2 Å². The molecule has 0 saturated heterocycles. The van der Waals surface area contributed by atoms with Gasteiger partial charge in [-0.15, -0.1) is 0 Å². The van der Waals surface area contributed by atoms with E-state index in [9.17, 15) is 4.57 Å². The molecule has 26 heavy (non-hydrogen) atoms. The van der Waals surface area contributed by atoms with Gasteiger partial charge in [-0.2, -0.15) is 0 Å². The van der Waals surface area contributed by atoms with Gasteiger partial charge < -0.3 is 9.22 Å². The van der Waals surface area contributed by atoms with E-state index in [-0.39, 0.29) is 0 Å². The third kappa shape index (κ3) is 6.21. The molecule has 4 nitrogen and oxygen atoms in total. The van der Waals surface area contributed by atoms with Crippen molar-refractivity contribution in [2.45, 2.75) is 20.8 Å². The molecule has 0 aliphatic rings. The molecule has 0 aromatic heterocycles. The van der Waals surface area contributed by atoms with Crippen molar-refractivity contribution < 1.29 is 13.8 Å². The lowest BCUT2D eigenvalue weighted by molar-refractivity contribution is -0.923. The predicted molar refractivity (Wildman–Crippen MR) is 109 cm³/mol. The van der Waals surface area contributed by atoms with Crippen molar-refractivity contribution in [1.29, 1.82) is 0 Å². The van der Waals surface area contributed by atoms with Gasteiger partial charge in [0.25, 0.3) is 0 Å². The molecule has 5 heteroatoms. The molecule has 2 aromatic rings. The highest BCUT2D eigenvalue weighted by atomic mass is 31.1. The number of nitrogens with one attached hydrogen (secondary N) is 1. The maximum Gasteiger partial charge on any atom is 0.471 e. The Balaban J connectivity index is 1.83. The molecule has 0 aliphatic carbocycles. The van der Waals surface area contributed by atoms with E-state index >= 15 is 0 Å². The van der Waals surface area contributed by atoms with Crippen LogP contribution < -0.4 is 15.1 Å². The van der Waals surface area contributed by atoms with Crippen molar-refractivity contribution in [1.82, 2.24) is 5.09 Å². The first kappa shape index (κ1) is 20.6. The Morgan fingerprint density at radius 2 is 1.73 bits per heavy atom. The first-order valence-corrected chi connectivity index (χ1v) is 10.6. The number of nitrogens with zero attached hydrogens (tertiary/aromatic N) is 1. The summed E-state index contributed by atoms with van der Waals surface area (Å²) in [5.74, 6) is 0.931. The van der Waals surface area contributed by atoms with Crippen LogP contribution in [0.4, 0.5) is 0 Å². The number of rotatable bonds is 11. The van der Waals surface area contributed by atoms with Crippen molar-refractivity contribution in [3.8, 4) is 5.75 Å². The first-order chi connectivity index (χ1) is 12.6. The standard InChI is InChI=1S/C21H31N2O2P/c1-4-23(5-2,16-17-25-20-11-9-10-19(3)18-20)15-14-22-26(24)21-12-7-6-8-13-21/h6-13,18H,4-5,14-17H2,1-3H3,(H,22,24)/q+2. The molecule has 0 aliphatic heterocycles. The molecule has 1 atom stereocenters. The number of likely N-dealkylation sites (N-methyl/N-ethyl adjacent to an activating group) is 1. The molecule has 0 amide bonds. The number of aryl methyl sites for hydroxylation is 1. The highest BCUT2D eigenvalue weighted by molar-refractivity contribution is 7.51. The van der Waals surface area contributed by atoms with Gasteiger partial charge in [-0.3, -0.25) is 0 Å². The molecule has 0 saturated carbocycles. The molecule has 1 unspecified atom stereocenters. The van der Waals surface area contributed by atoms with E-state index in [4.69, 9.17) is 4.74 Å². The van der Waals surface area contributed by atoms with Crippen LogP contribution in [0.3, 0.4) is 0 Å². The molecule has 2 rings (SSSR count). The second-order valence-corrected chi connectivity index (χ2v) is 8.05. The summed E-state index contributed by atoms with van der Waals surface area (Å²) in [6, 6.07) is 17.8.